The fraction of sp³-hybridized carbons (Fsp3) is 0.739. The van der Waals surface area contributed by atoms with Crippen LogP contribution in [0.25, 0.3) is 0 Å². The van der Waals surface area contributed by atoms with E-state index >= 15 is 0 Å². The van der Waals surface area contributed by atoms with E-state index in [9.17, 15) is 9.59 Å². The predicted molar refractivity (Wildman–Crippen MR) is 117 cm³/mol. The van der Waals surface area contributed by atoms with E-state index in [1.165, 1.54) is 29.0 Å². The number of thiophene rings is 1. The molecule has 0 N–H and O–H groups in total. The topological polar surface area (TPSA) is 43.9 Å². The summed E-state index contributed by atoms with van der Waals surface area (Å²) in [5, 5.41) is 0. The Balaban J connectivity index is 1.27. The molecule has 3 fully saturated rings. The molecule has 6 heteroatoms. The van der Waals surface area contributed by atoms with Crippen LogP contribution in [0.15, 0.2) is 12.1 Å². The van der Waals surface area contributed by atoms with Gasteiger partial charge in [-0.2, -0.15) is 0 Å². The number of carbonyl (C=O) groups excluding carboxylic acids is 2. The number of likely N-dealkylation sites (tertiary alicyclic amines) is 3. The minimum absolute atomic E-state index is 0.116. The molecule has 3 aliphatic heterocycles. The molecule has 1 aromatic heterocycles. The van der Waals surface area contributed by atoms with Crippen LogP contribution < -0.4 is 0 Å². The average molecular weight is 418 g/mol. The number of piperidine rings is 1. The first-order valence-corrected chi connectivity index (χ1v) is 12.3. The fourth-order valence-corrected chi connectivity index (χ4v) is 6.22. The van der Waals surface area contributed by atoms with Gasteiger partial charge in [0.2, 0.25) is 11.8 Å². The first-order chi connectivity index (χ1) is 14.1. The van der Waals surface area contributed by atoms with E-state index in [1.54, 1.807) is 0 Å². The molecule has 1 unspecified atom stereocenters. The number of hydrogen-bond donors (Lipinski definition) is 0. The van der Waals surface area contributed by atoms with Crippen LogP contribution in [-0.4, -0.2) is 65.8 Å². The third-order valence-electron chi connectivity index (χ3n) is 6.91. The zero-order valence-electron chi connectivity index (χ0n) is 17.8. The minimum atomic E-state index is 0.116. The summed E-state index contributed by atoms with van der Waals surface area (Å²) in [5.74, 6) is 0.697. The molecule has 4 rings (SSSR count). The largest absolute Gasteiger partial charge is 0.342 e. The van der Waals surface area contributed by atoms with E-state index in [2.05, 4.69) is 28.9 Å². The summed E-state index contributed by atoms with van der Waals surface area (Å²) in [5.41, 5.74) is 0. The number of aryl methyl sites for hydroxylation is 1. The second-order valence-corrected chi connectivity index (χ2v) is 10.3. The van der Waals surface area contributed by atoms with Crippen LogP contribution >= 0.6 is 11.3 Å². The molecule has 0 radical (unpaired) electrons. The van der Waals surface area contributed by atoms with Crippen molar-refractivity contribution in [1.29, 1.82) is 0 Å². The summed E-state index contributed by atoms with van der Waals surface area (Å²) in [4.78, 5) is 35.0. The summed E-state index contributed by atoms with van der Waals surface area (Å²) in [6.07, 6.45) is 8.76. The average Bonchev–Trinajstić information content (AvgIpc) is 3.27. The van der Waals surface area contributed by atoms with Crippen LogP contribution in [0.2, 0.25) is 0 Å². The fourth-order valence-electron chi connectivity index (χ4n) is 5.17. The van der Waals surface area contributed by atoms with E-state index in [4.69, 9.17) is 0 Å². The second kappa shape index (κ2) is 9.61. The highest BCUT2D eigenvalue weighted by atomic mass is 32.1. The normalized spacial score (nSPS) is 24.7. The Bertz CT molecular complexity index is 703. The number of carbonyl (C=O) groups is 2. The van der Waals surface area contributed by atoms with Crippen LogP contribution in [-0.2, 0) is 9.59 Å². The molecule has 0 saturated carbocycles. The van der Waals surface area contributed by atoms with Crippen LogP contribution in [0.5, 0.6) is 0 Å². The highest BCUT2D eigenvalue weighted by Crippen LogP contribution is 2.35. The third-order valence-corrected chi connectivity index (χ3v) is 8.01. The molecule has 3 aliphatic rings. The van der Waals surface area contributed by atoms with Gasteiger partial charge in [0.1, 0.15) is 0 Å². The minimum Gasteiger partial charge on any atom is -0.342 e. The van der Waals surface area contributed by atoms with E-state index in [1.807, 2.05) is 16.2 Å². The SMILES string of the molecule is Cc1ccc(C2CCCN2CC(=O)N2CCC(C(=O)N3CCCCCC3)CC2)s1. The lowest BCUT2D eigenvalue weighted by Crippen LogP contribution is -2.47. The lowest BCUT2D eigenvalue weighted by molar-refractivity contribution is -0.141. The van der Waals surface area contributed by atoms with Crippen molar-refractivity contribution in [3.8, 4) is 0 Å². The van der Waals surface area contributed by atoms with Crippen molar-refractivity contribution in [2.45, 2.75) is 64.3 Å². The summed E-state index contributed by atoms with van der Waals surface area (Å²) < 4.78 is 0. The zero-order valence-corrected chi connectivity index (χ0v) is 18.6. The van der Waals surface area contributed by atoms with Gasteiger partial charge in [-0.25, -0.2) is 0 Å². The van der Waals surface area contributed by atoms with Gasteiger partial charge in [0.15, 0.2) is 0 Å². The van der Waals surface area contributed by atoms with Crippen molar-refractivity contribution in [3.63, 3.8) is 0 Å². The molecule has 160 valence electrons. The van der Waals surface area contributed by atoms with Gasteiger partial charge < -0.3 is 9.80 Å². The smallest absolute Gasteiger partial charge is 0.236 e. The van der Waals surface area contributed by atoms with Gasteiger partial charge in [-0.3, -0.25) is 14.5 Å². The molecule has 0 bridgehead atoms. The molecular weight excluding hydrogens is 382 g/mol. The van der Waals surface area contributed by atoms with Gasteiger partial charge in [-0.05, 0) is 64.1 Å². The van der Waals surface area contributed by atoms with Gasteiger partial charge in [0, 0.05) is 47.9 Å². The van der Waals surface area contributed by atoms with Crippen LogP contribution in [0.4, 0.5) is 0 Å². The standard InChI is InChI=1S/C23H35N3O2S/c1-18-8-9-21(29-18)20-7-6-14-26(20)17-22(27)24-15-10-19(11-16-24)23(28)25-12-4-2-3-5-13-25/h8-9,19-20H,2-7,10-17H2,1H3. The Morgan fingerprint density at radius 2 is 1.62 bits per heavy atom. The maximum absolute atomic E-state index is 13.0. The van der Waals surface area contributed by atoms with Gasteiger partial charge in [-0.1, -0.05) is 12.8 Å². The molecule has 1 atom stereocenters. The molecule has 29 heavy (non-hydrogen) atoms. The summed E-state index contributed by atoms with van der Waals surface area (Å²) in [7, 11) is 0. The molecule has 1 aromatic rings. The van der Waals surface area contributed by atoms with E-state index in [-0.39, 0.29) is 11.8 Å². The Hall–Kier alpha value is -1.40. The lowest BCUT2D eigenvalue weighted by atomic mass is 9.95. The molecule has 3 saturated heterocycles. The Morgan fingerprint density at radius 3 is 2.28 bits per heavy atom. The molecule has 0 spiro atoms. The first-order valence-electron chi connectivity index (χ1n) is 11.5. The number of rotatable bonds is 4. The zero-order chi connectivity index (χ0) is 20.2. The van der Waals surface area contributed by atoms with Crippen LogP contribution in [0, 0.1) is 12.8 Å². The maximum atomic E-state index is 13.0. The summed E-state index contributed by atoms with van der Waals surface area (Å²) in [6.45, 7) is 7.01. The third kappa shape index (κ3) is 5.02. The van der Waals surface area contributed by atoms with Crippen molar-refractivity contribution in [2.24, 2.45) is 5.92 Å². The highest BCUT2D eigenvalue weighted by molar-refractivity contribution is 7.12. The number of amides is 2. The molecule has 2 amide bonds. The Labute approximate surface area is 179 Å². The van der Waals surface area contributed by atoms with Crippen molar-refractivity contribution in [1.82, 2.24) is 14.7 Å². The van der Waals surface area contributed by atoms with Gasteiger partial charge >= 0.3 is 0 Å². The molecule has 5 nitrogen and oxygen atoms in total. The van der Waals surface area contributed by atoms with Crippen molar-refractivity contribution < 1.29 is 9.59 Å². The molecular formula is C23H35N3O2S. The monoisotopic (exact) mass is 417 g/mol. The summed E-state index contributed by atoms with van der Waals surface area (Å²) >= 11 is 1.86. The molecule has 0 aromatic carbocycles. The van der Waals surface area contributed by atoms with E-state index < -0.39 is 0 Å². The van der Waals surface area contributed by atoms with Gasteiger partial charge in [-0.15, -0.1) is 11.3 Å². The Kier molecular flexibility index (Phi) is 6.91. The number of nitrogens with zero attached hydrogens (tertiary/aromatic N) is 3. The second-order valence-electron chi connectivity index (χ2n) is 8.97. The van der Waals surface area contributed by atoms with Crippen LogP contribution in [0.3, 0.4) is 0 Å². The quantitative estimate of drug-likeness (QED) is 0.748. The first kappa shape index (κ1) is 20.9. The van der Waals surface area contributed by atoms with Crippen molar-refractivity contribution in [3.05, 3.63) is 21.9 Å². The molecule has 0 aliphatic carbocycles. The van der Waals surface area contributed by atoms with Gasteiger partial charge in [0.25, 0.3) is 0 Å². The van der Waals surface area contributed by atoms with E-state index in [0.717, 1.165) is 64.8 Å². The van der Waals surface area contributed by atoms with E-state index in [0.29, 0.717) is 18.5 Å². The lowest BCUT2D eigenvalue weighted by Gasteiger charge is -2.35. The van der Waals surface area contributed by atoms with Gasteiger partial charge in [0.05, 0.1) is 6.54 Å². The maximum Gasteiger partial charge on any atom is 0.236 e. The number of hydrogen-bond acceptors (Lipinski definition) is 4. The highest BCUT2D eigenvalue weighted by Gasteiger charge is 2.33. The Morgan fingerprint density at radius 1 is 0.897 bits per heavy atom. The summed E-state index contributed by atoms with van der Waals surface area (Å²) in [6, 6.07) is 4.82. The van der Waals surface area contributed by atoms with Crippen LogP contribution in [0.1, 0.15) is 67.2 Å². The van der Waals surface area contributed by atoms with Crippen molar-refractivity contribution >= 4 is 23.2 Å². The predicted octanol–water partition coefficient (Wildman–Crippen LogP) is 3.83. The van der Waals surface area contributed by atoms with Crippen molar-refractivity contribution in [2.75, 3.05) is 39.3 Å². The molecule has 4 heterocycles.